The lowest BCUT2D eigenvalue weighted by Crippen LogP contribution is -2.48. The van der Waals surface area contributed by atoms with Gasteiger partial charge in [-0.1, -0.05) is 0 Å². The Morgan fingerprint density at radius 3 is 2.67 bits per heavy atom. The van der Waals surface area contributed by atoms with Crippen LogP contribution in [0.5, 0.6) is 0 Å². The first-order chi connectivity index (χ1) is 7.29. The lowest BCUT2D eigenvalue weighted by molar-refractivity contribution is 0.125. The van der Waals surface area contributed by atoms with Crippen LogP contribution in [0.2, 0.25) is 0 Å². The van der Waals surface area contributed by atoms with Gasteiger partial charge in [0.25, 0.3) is 0 Å². The van der Waals surface area contributed by atoms with Crippen LogP contribution in [-0.4, -0.2) is 31.8 Å². The smallest absolute Gasteiger partial charge is 0.0591 e. The molecule has 88 valence electrons. The van der Waals surface area contributed by atoms with Crippen LogP contribution in [0, 0.1) is 5.92 Å². The van der Waals surface area contributed by atoms with E-state index in [2.05, 4.69) is 5.32 Å². The van der Waals surface area contributed by atoms with Gasteiger partial charge in [0, 0.05) is 18.7 Å². The summed E-state index contributed by atoms with van der Waals surface area (Å²) in [5, 5.41) is 3.40. The predicted molar refractivity (Wildman–Crippen MR) is 61.8 cm³/mol. The summed E-state index contributed by atoms with van der Waals surface area (Å²) in [6, 6.07) is 0. The van der Waals surface area contributed by atoms with E-state index in [1.165, 1.54) is 32.1 Å². The first-order valence-corrected chi connectivity index (χ1v) is 6.36. The second kappa shape index (κ2) is 5.28. The van der Waals surface area contributed by atoms with Crippen molar-refractivity contribution in [3.63, 3.8) is 0 Å². The summed E-state index contributed by atoms with van der Waals surface area (Å²) in [5.41, 5.74) is 6.29. The zero-order valence-corrected chi connectivity index (χ0v) is 9.63. The summed E-state index contributed by atoms with van der Waals surface area (Å²) in [6.45, 7) is 3.85. The zero-order chi connectivity index (χ0) is 10.6. The molecule has 2 fully saturated rings. The summed E-state index contributed by atoms with van der Waals surface area (Å²) < 4.78 is 5.54. The van der Waals surface area contributed by atoms with E-state index in [0.717, 1.165) is 38.6 Å². The van der Waals surface area contributed by atoms with Crippen molar-refractivity contribution < 1.29 is 4.74 Å². The maximum absolute atomic E-state index is 6.12. The van der Waals surface area contributed by atoms with Crippen LogP contribution in [0.15, 0.2) is 0 Å². The molecule has 0 aromatic rings. The van der Waals surface area contributed by atoms with E-state index in [1.54, 1.807) is 0 Å². The molecule has 2 rings (SSSR count). The average molecular weight is 212 g/mol. The first kappa shape index (κ1) is 11.4. The Morgan fingerprint density at radius 1 is 1.27 bits per heavy atom. The number of hydrogen-bond donors (Lipinski definition) is 2. The predicted octanol–water partition coefficient (Wildman–Crippen LogP) is 1.27. The van der Waals surface area contributed by atoms with Crippen molar-refractivity contribution >= 4 is 0 Å². The van der Waals surface area contributed by atoms with Gasteiger partial charge in [-0.3, -0.25) is 0 Å². The number of nitrogens with two attached hydrogens (primary N) is 1. The van der Waals surface area contributed by atoms with Gasteiger partial charge in [0.05, 0.1) is 6.61 Å². The molecule has 0 unspecified atom stereocenters. The van der Waals surface area contributed by atoms with Gasteiger partial charge in [-0.2, -0.15) is 0 Å². The quantitative estimate of drug-likeness (QED) is 0.596. The molecule has 0 aliphatic heterocycles. The maximum Gasteiger partial charge on any atom is 0.0591 e. The van der Waals surface area contributed by atoms with Crippen LogP contribution >= 0.6 is 0 Å². The fraction of sp³-hybridized carbons (Fsp3) is 1.00. The highest BCUT2D eigenvalue weighted by Crippen LogP contribution is 2.31. The Hall–Kier alpha value is -0.120. The molecule has 0 amide bonds. The zero-order valence-electron chi connectivity index (χ0n) is 9.63. The number of hydrogen-bond acceptors (Lipinski definition) is 3. The minimum Gasteiger partial charge on any atom is -0.380 e. The molecule has 0 atom stereocenters. The second-order valence-electron chi connectivity index (χ2n) is 5.23. The fourth-order valence-corrected chi connectivity index (χ4v) is 2.02. The van der Waals surface area contributed by atoms with Crippen LogP contribution in [0.3, 0.4) is 0 Å². The lowest BCUT2D eigenvalue weighted by atomic mass is 9.75. The number of nitrogens with one attached hydrogen (secondary N) is 1. The standard InChI is InChI=1S/C12H24N2O/c13-12(4-1-5-12)6-7-14-8-9-15-10-11-2-3-11/h11,14H,1-10,13H2. The van der Waals surface area contributed by atoms with E-state index in [-0.39, 0.29) is 5.54 Å². The Balaban J connectivity index is 1.35. The Kier molecular flexibility index (Phi) is 4.00. The molecule has 3 heteroatoms. The summed E-state index contributed by atoms with van der Waals surface area (Å²) in [6.07, 6.45) is 7.63. The van der Waals surface area contributed by atoms with Crippen molar-refractivity contribution in [2.45, 2.75) is 44.1 Å². The highest BCUT2D eigenvalue weighted by Gasteiger charge is 2.31. The van der Waals surface area contributed by atoms with E-state index in [9.17, 15) is 0 Å². The van der Waals surface area contributed by atoms with E-state index in [0.29, 0.717) is 0 Å². The molecule has 2 aliphatic carbocycles. The van der Waals surface area contributed by atoms with Gasteiger partial charge in [-0.05, 0) is 51.0 Å². The van der Waals surface area contributed by atoms with E-state index in [4.69, 9.17) is 10.5 Å². The van der Waals surface area contributed by atoms with E-state index in [1.807, 2.05) is 0 Å². The molecule has 0 heterocycles. The Bertz CT molecular complexity index is 188. The third kappa shape index (κ3) is 4.09. The van der Waals surface area contributed by atoms with Gasteiger partial charge in [-0.15, -0.1) is 0 Å². The molecule has 3 N–H and O–H groups in total. The Morgan fingerprint density at radius 2 is 2.07 bits per heavy atom. The normalized spacial score (nSPS) is 23.8. The van der Waals surface area contributed by atoms with Crippen LogP contribution in [-0.2, 0) is 4.74 Å². The van der Waals surface area contributed by atoms with Crippen molar-refractivity contribution in [1.82, 2.24) is 5.32 Å². The Labute approximate surface area is 92.7 Å². The third-order valence-electron chi connectivity index (χ3n) is 3.62. The van der Waals surface area contributed by atoms with Crippen molar-refractivity contribution in [1.29, 1.82) is 0 Å². The second-order valence-corrected chi connectivity index (χ2v) is 5.23. The van der Waals surface area contributed by atoms with Crippen LogP contribution in [0.25, 0.3) is 0 Å². The molecule has 15 heavy (non-hydrogen) atoms. The van der Waals surface area contributed by atoms with E-state index < -0.39 is 0 Å². The number of rotatable bonds is 8. The molecule has 3 nitrogen and oxygen atoms in total. The van der Waals surface area contributed by atoms with Gasteiger partial charge < -0.3 is 15.8 Å². The average Bonchev–Trinajstić information content (AvgIpc) is 2.97. The minimum absolute atomic E-state index is 0.169. The first-order valence-electron chi connectivity index (χ1n) is 6.36. The molecule has 2 aliphatic rings. The third-order valence-corrected chi connectivity index (χ3v) is 3.62. The molecule has 0 aromatic heterocycles. The molecular formula is C12H24N2O. The summed E-state index contributed by atoms with van der Waals surface area (Å²) in [4.78, 5) is 0. The van der Waals surface area contributed by atoms with Crippen molar-refractivity contribution in [2.24, 2.45) is 11.7 Å². The van der Waals surface area contributed by atoms with Crippen LogP contribution in [0.4, 0.5) is 0 Å². The molecular weight excluding hydrogens is 188 g/mol. The van der Waals surface area contributed by atoms with Gasteiger partial charge >= 0.3 is 0 Å². The van der Waals surface area contributed by atoms with Crippen LogP contribution in [0.1, 0.15) is 38.5 Å². The van der Waals surface area contributed by atoms with Gasteiger partial charge in [0.1, 0.15) is 0 Å². The van der Waals surface area contributed by atoms with Gasteiger partial charge in [-0.25, -0.2) is 0 Å². The molecule has 0 bridgehead atoms. The summed E-state index contributed by atoms with van der Waals surface area (Å²) in [7, 11) is 0. The lowest BCUT2D eigenvalue weighted by Gasteiger charge is -2.38. The van der Waals surface area contributed by atoms with Gasteiger partial charge in [0.2, 0.25) is 0 Å². The summed E-state index contributed by atoms with van der Waals surface area (Å²) >= 11 is 0. The highest BCUT2D eigenvalue weighted by molar-refractivity contribution is 4.92. The van der Waals surface area contributed by atoms with E-state index >= 15 is 0 Å². The topological polar surface area (TPSA) is 47.3 Å². The molecule has 0 saturated heterocycles. The van der Waals surface area contributed by atoms with Crippen molar-refractivity contribution in [3.05, 3.63) is 0 Å². The van der Waals surface area contributed by atoms with Crippen molar-refractivity contribution in [3.8, 4) is 0 Å². The number of ether oxygens (including phenoxy) is 1. The summed E-state index contributed by atoms with van der Waals surface area (Å²) in [5.74, 6) is 0.882. The maximum atomic E-state index is 6.12. The largest absolute Gasteiger partial charge is 0.380 e. The molecule has 0 aromatic carbocycles. The molecule has 2 saturated carbocycles. The molecule has 0 spiro atoms. The van der Waals surface area contributed by atoms with Gasteiger partial charge in [0.15, 0.2) is 0 Å². The highest BCUT2D eigenvalue weighted by atomic mass is 16.5. The van der Waals surface area contributed by atoms with Crippen molar-refractivity contribution in [2.75, 3.05) is 26.3 Å². The minimum atomic E-state index is 0.169. The monoisotopic (exact) mass is 212 g/mol. The fourth-order valence-electron chi connectivity index (χ4n) is 2.02. The molecule has 0 radical (unpaired) electrons. The van der Waals surface area contributed by atoms with Crippen LogP contribution < -0.4 is 11.1 Å². The SMILES string of the molecule is NC1(CCNCCOCC2CC2)CCC1.